The van der Waals surface area contributed by atoms with Gasteiger partial charge in [0.15, 0.2) is 0 Å². The van der Waals surface area contributed by atoms with E-state index in [1.807, 2.05) is 5.48 Å². The Hall–Kier alpha value is -1.18. The third-order valence-electron chi connectivity index (χ3n) is 1.72. The largest absolute Gasteiger partial charge is 0.341 e. The standard InChI is InChI=1S/C7H16N4O3/c1-5(12)14-10-6(13)7(8,9-2)11(3)4/h9H,8H2,1-4H3,(H,10,13). The highest BCUT2D eigenvalue weighted by atomic mass is 16.7. The van der Waals surface area contributed by atoms with Crippen molar-refractivity contribution in [2.75, 3.05) is 21.1 Å². The Morgan fingerprint density at radius 2 is 1.93 bits per heavy atom. The monoisotopic (exact) mass is 204 g/mol. The van der Waals surface area contributed by atoms with Crippen LogP contribution in [0, 0.1) is 0 Å². The van der Waals surface area contributed by atoms with Gasteiger partial charge in [-0.05, 0) is 21.1 Å². The predicted molar refractivity (Wildman–Crippen MR) is 49.6 cm³/mol. The summed E-state index contributed by atoms with van der Waals surface area (Å²) in [6.07, 6.45) is 0. The van der Waals surface area contributed by atoms with Crippen molar-refractivity contribution in [3.63, 3.8) is 0 Å². The summed E-state index contributed by atoms with van der Waals surface area (Å²) in [5, 5.41) is 2.60. The fraction of sp³-hybridized carbons (Fsp3) is 0.714. The maximum absolute atomic E-state index is 11.4. The molecular weight excluding hydrogens is 188 g/mol. The molecule has 1 amide bonds. The van der Waals surface area contributed by atoms with Crippen molar-refractivity contribution in [2.45, 2.75) is 12.7 Å². The molecule has 0 saturated heterocycles. The molecule has 0 heterocycles. The van der Waals surface area contributed by atoms with Crippen LogP contribution in [-0.4, -0.2) is 43.7 Å². The lowest BCUT2D eigenvalue weighted by Crippen LogP contribution is -2.70. The van der Waals surface area contributed by atoms with Gasteiger partial charge in [-0.3, -0.25) is 25.5 Å². The van der Waals surface area contributed by atoms with E-state index in [9.17, 15) is 9.59 Å². The van der Waals surface area contributed by atoms with Gasteiger partial charge in [-0.1, -0.05) is 0 Å². The zero-order valence-electron chi connectivity index (χ0n) is 8.75. The first kappa shape index (κ1) is 12.8. The first-order valence-corrected chi connectivity index (χ1v) is 3.97. The van der Waals surface area contributed by atoms with E-state index < -0.39 is 17.7 Å². The van der Waals surface area contributed by atoms with Gasteiger partial charge < -0.3 is 4.84 Å². The molecule has 1 atom stereocenters. The van der Waals surface area contributed by atoms with Gasteiger partial charge in [0.05, 0.1) is 0 Å². The smallest absolute Gasteiger partial charge is 0.329 e. The Morgan fingerprint density at radius 1 is 1.43 bits per heavy atom. The number of nitrogens with zero attached hydrogens (tertiary/aromatic N) is 1. The number of amides is 1. The van der Waals surface area contributed by atoms with Gasteiger partial charge >= 0.3 is 11.9 Å². The van der Waals surface area contributed by atoms with Crippen molar-refractivity contribution in [2.24, 2.45) is 5.73 Å². The van der Waals surface area contributed by atoms with E-state index in [2.05, 4.69) is 10.2 Å². The lowest BCUT2D eigenvalue weighted by Gasteiger charge is -2.33. The number of carbonyl (C=O) groups excluding carboxylic acids is 2. The van der Waals surface area contributed by atoms with Crippen molar-refractivity contribution in [1.82, 2.24) is 15.7 Å². The van der Waals surface area contributed by atoms with Gasteiger partial charge in [-0.15, -0.1) is 0 Å². The Bertz CT molecular complexity index is 231. The molecule has 0 aromatic carbocycles. The number of likely N-dealkylation sites (N-methyl/N-ethyl adjacent to an activating group) is 2. The minimum Gasteiger partial charge on any atom is -0.341 e. The third-order valence-corrected chi connectivity index (χ3v) is 1.72. The topological polar surface area (TPSA) is 96.7 Å². The molecule has 14 heavy (non-hydrogen) atoms. The minimum atomic E-state index is -1.41. The summed E-state index contributed by atoms with van der Waals surface area (Å²) in [7, 11) is 4.75. The van der Waals surface area contributed by atoms with E-state index in [1.54, 1.807) is 14.1 Å². The average molecular weight is 204 g/mol. The second-order valence-electron chi connectivity index (χ2n) is 2.94. The van der Waals surface area contributed by atoms with Crippen LogP contribution >= 0.6 is 0 Å². The summed E-state index contributed by atoms with van der Waals surface area (Å²) in [6, 6.07) is 0. The summed E-state index contributed by atoms with van der Waals surface area (Å²) in [6.45, 7) is 1.17. The molecule has 82 valence electrons. The number of nitrogens with one attached hydrogen (secondary N) is 2. The molecule has 0 aromatic heterocycles. The van der Waals surface area contributed by atoms with Crippen LogP contribution in [0.15, 0.2) is 0 Å². The molecular formula is C7H16N4O3. The quantitative estimate of drug-likeness (QED) is 0.362. The van der Waals surface area contributed by atoms with Crippen LogP contribution in [0.5, 0.6) is 0 Å². The average Bonchev–Trinajstić information content (AvgIpc) is 2.12. The summed E-state index contributed by atoms with van der Waals surface area (Å²) >= 11 is 0. The van der Waals surface area contributed by atoms with E-state index in [0.717, 1.165) is 0 Å². The molecule has 0 aliphatic rings. The summed E-state index contributed by atoms with van der Waals surface area (Å²) < 4.78 is 0. The fourth-order valence-corrected chi connectivity index (χ4v) is 0.736. The molecule has 0 radical (unpaired) electrons. The van der Waals surface area contributed by atoms with Gasteiger partial charge in [0.25, 0.3) is 0 Å². The first-order valence-electron chi connectivity index (χ1n) is 3.97. The highest BCUT2D eigenvalue weighted by Gasteiger charge is 2.35. The maximum Gasteiger partial charge on any atom is 0.329 e. The molecule has 0 bridgehead atoms. The second-order valence-corrected chi connectivity index (χ2v) is 2.94. The van der Waals surface area contributed by atoms with Gasteiger partial charge in [0, 0.05) is 6.92 Å². The van der Waals surface area contributed by atoms with Gasteiger partial charge in [0.1, 0.15) is 0 Å². The lowest BCUT2D eigenvalue weighted by atomic mass is 10.3. The van der Waals surface area contributed by atoms with Crippen molar-refractivity contribution in [3.05, 3.63) is 0 Å². The molecule has 0 fully saturated rings. The van der Waals surface area contributed by atoms with Gasteiger partial charge in [0.2, 0.25) is 5.79 Å². The minimum absolute atomic E-state index is 0.615. The molecule has 0 aromatic rings. The lowest BCUT2D eigenvalue weighted by molar-refractivity contribution is -0.161. The predicted octanol–water partition coefficient (Wildman–Crippen LogP) is -2.03. The van der Waals surface area contributed by atoms with Crippen LogP contribution in [0.4, 0.5) is 0 Å². The Kier molecular flexibility index (Phi) is 4.48. The summed E-state index contributed by atoms with van der Waals surface area (Å²) in [5.41, 5.74) is 7.62. The summed E-state index contributed by atoms with van der Waals surface area (Å²) in [5.74, 6) is -2.68. The van der Waals surface area contributed by atoms with Crippen molar-refractivity contribution in [3.8, 4) is 0 Å². The van der Waals surface area contributed by atoms with E-state index in [4.69, 9.17) is 5.73 Å². The van der Waals surface area contributed by atoms with Crippen LogP contribution in [-0.2, 0) is 14.4 Å². The molecule has 7 heteroatoms. The molecule has 4 N–H and O–H groups in total. The zero-order valence-corrected chi connectivity index (χ0v) is 8.75. The number of hydrogen-bond acceptors (Lipinski definition) is 6. The van der Waals surface area contributed by atoms with Crippen LogP contribution in [0.1, 0.15) is 6.92 Å². The molecule has 0 saturated carbocycles. The Balaban J connectivity index is 4.39. The Labute approximate surface area is 82.5 Å². The molecule has 0 spiro atoms. The molecule has 7 nitrogen and oxygen atoms in total. The van der Waals surface area contributed by atoms with Crippen LogP contribution < -0.4 is 16.5 Å². The fourth-order valence-electron chi connectivity index (χ4n) is 0.736. The van der Waals surface area contributed by atoms with Gasteiger partial charge in [-0.2, -0.15) is 5.48 Å². The van der Waals surface area contributed by atoms with Crippen LogP contribution in [0.3, 0.4) is 0 Å². The van der Waals surface area contributed by atoms with Crippen molar-refractivity contribution < 1.29 is 14.4 Å². The number of hydroxylamine groups is 1. The van der Waals surface area contributed by atoms with E-state index >= 15 is 0 Å². The SMILES string of the molecule is CNC(N)(C(=O)NOC(C)=O)N(C)C. The molecule has 0 aliphatic carbocycles. The van der Waals surface area contributed by atoms with Gasteiger partial charge in [-0.25, -0.2) is 0 Å². The van der Waals surface area contributed by atoms with E-state index in [1.165, 1.54) is 18.9 Å². The normalized spacial score (nSPS) is 14.7. The third kappa shape index (κ3) is 2.95. The molecule has 1 unspecified atom stereocenters. The van der Waals surface area contributed by atoms with Crippen LogP contribution in [0.2, 0.25) is 0 Å². The van der Waals surface area contributed by atoms with Crippen LogP contribution in [0.25, 0.3) is 0 Å². The molecule has 0 rings (SSSR count). The van der Waals surface area contributed by atoms with E-state index in [0.29, 0.717) is 0 Å². The first-order chi connectivity index (χ1) is 6.34. The van der Waals surface area contributed by atoms with Crippen molar-refractivity contribution in [1.29, 1.82) is 0 Å². The number of hydrogen-bond donors (Lipinski definition) is 3. The maximum atomic E-state index is 11.4. The summed E-state index contributed by atoms with van der Waals surface area (Å²) in [4.78, 5) is 27.6. The number of carbonyl (C=O) groups is 2. The number of rotatable bonds is 3. The van der Waals surface area contributed by atoms with E-state index in [-0.39, 0.29) is 0 Å². The second kappa shape index (κ2) is 4.89. The highest BCUT2D eigenvalue weighted by molar-refractivity contribution is 5.85. The number of nitrogens with two attached hydrogens (primary N) is 1. The molecule has 0 aliphatic heterocycles. The Morgan fingerprint density at radius 3 is 2.21 bits per heavy atom. The highest BCUT2D eigenvalue weighted by Crippen LogP contribution is 1.98. The van der Waals surface area contributed by atoms with Crippen molar-refractivity contribution >= 4 is 11.9 Å². The zero-order chi connectivity index (χ0) is 11.4.